The van der Waals surface area contributed by atoms with Crippen LogP contribution in [0.5, 0.6) is 0 Å². The maximum Gasteiger partial charge on any atom is 0.418 e. The van der Waals surface area contributed by atoms with E-state index >= 15 is 0 Å². The predicted molar refractivity (Wildman–Crippen MR) is 91.8 cm³/mol. The van der Waals surface area contributed by atoms with Crippen molar-refractivity contribution in [2.75, 3.05) is 13.7 Å². The highest BCUT2D eigenvalue weighted by molar-refractivity contribution is 5.92. The molecular formula is C18H24N2O4. The first-order valence-electron chi connectivity index (χ1n) is 7.87. The third-order valence-corrected chi connectivity index (χ3v) is 3.67. The van der Waals surface area contributed by atoms with Gasteiger partial charge in [0.25, 0.3) is 0 Å². The third-order valence-electron chi connectivity index (χ3n) is 3.67. The molecule has 0 amide bonds. The molecule has 0 radical (unpaired) electrons. The molecule has 6 nitrogen and oxygen atoms in total. The smallest absolute Gasteiger partial charge is 0.418 e. The van der Waals surface area contributed by atoms with E-state index in [1.165, 1.54) is 11.7 Å². The summed E-state index contributed by atoms with van der Waals surface area (Å²) in [6.07, 6.45) is 1.62. The fraction of sp³-hybridized carbons (Fsp3) is 0.444. The Labute approximate surface area is 141 Å². The lowest BCUT2D eigenvalue weighted by atomic mass is 9.98. The van der Waals surface area contributed by atoms with Crippen molar-refractivity contribution in [2.45, 2.75) is 32.8 Å². The quantitative estimate of drug-likeness (QED) is 0.870. The zero-order valence-corrected chi connectivity index (χ0v) is 14.5. The summed E-state index contributed by atoms with van der Waals surface area (Å²) in [5.41, 5.74) is 6.69. The van der Waals surface area contributed by atoms with E-state index in [9.17, 15) is 9.59 Å². The molecule has 6 heteroatoms. The number of carbonyl (C=O) groups excluding carboxylic acids is 2. The van der Waals surface area contributed by atoms with E-state index in [2.05, 4.69) is 0 Å². The zero-order chi connectivity index (χ0) is 17.9. The normalized spacial score (nSPS) is 12.9. The maximum absolute atomic E-state index is 12.5. The van der Waals surface area contributed by atoms with Crippen LogP contribution in [0.25, 0.3) is 10.9 Å². The topological polar surface area (TPSA) is 83.5 Å². The fourth-order valence-corrected chi connectivity index (χ4v) is 2.59. The van der Waals surface area contributed by atoms with Crippen LogP contribution in [-0.4, -0.2) is 35.9 Å². The molecule has 0 spiro atoms. The number of methoxy groups -OCH3 is 1. The summed E-state index contributed by atoms with van der Waals surface area (Å²) >= 11 is 0. The van der Waals surface area contributed by atoms with Crippen LogP contribution >= 0.6 is 0 Å². The minimum Gasteiger partial charge on any atom is -0.469 e. The van der Waals surface area contributed by atoms with Crippen molar-refractivity contribution >= 4 is 23.0 Å². The summed E-state index contributed by atoms with van der Waals surface area (Å²) in [5, 5.41) is 0.902. The maximum atomic E-state index is 12.5. The van der Waals surface area contributed by atoms with Gasteiger partial charge in [-0.25, -0.2) is 4.79 Å². The summed E-state index contributed by atoms with van der Waals surface area (Å²) < 4.78 is 11.7. The van der Waals surface area contributed by atoms with Gasteiger partial charge in [0, 0.05) is 18.1 Å². The molecule has 0 aliphatic carbocycles. The number of hydrogen-bond acceptors (Lipinski definition) is 5. The van der Waals surface area contributed by atoms with Gasteiger partial charge in [-0.05, 0) is 38.8 Å². The molecule has 0 fully saturated rings. The Morgan fingerprint density at radius 3 is 2.54 bits per heavy atom. The number of carbonyl (C=O) groups is 2. The van der Waals surface area contributed by atoms with E-state index in [0.717, 1.165) is 16.5 Å². The predicted octanol–water partition coefficient (Wildman–Crippen LogP) is 2.71. The van der Waals surface area contributed by atoms with Crippen LogP contribution in [0.4, 0.5) is 4.79 Å². The highest BCUT2D eigenvalue weighted by Gasteiger charge is 2.23. The summed E-state index contributed by atoms with van der Waals surface area (Å²) in [4.78, 5) is 24.3. The number of fused-ring (bicyclic) bond motifs is 1. The molecule has 1 atom stereocenters. The Morgan fingerprint density at radius 2 is 1.96 bits per heavy atom. The van der Waals surface area contributed by atoms with Crippen LogP contribution in [-0.2, 0) is 20.7 Å². The van der Waals surface area contributed by atoms with Crippen molar-refractivity contribution in [2.24, 2.45) is 11.7 Å². The lowest BCUT2D eigenvalue weighted by molar-refractivity contribution is -0.145. The van der Waals surface area contributed by atoms with Gasteiger partial charge >= 0.3 is 12.1 Å². The van der Waals surface area contributed by atoms with Crippen LogP contribution in [0.2, 0.25) is 0 Å². The summed E-state index contributed by atoms with van der Waals surface area (Å²) in [7, 11) is 1.34. The Bertz CT molecular complexity index is 743. The molecule has 24 heavy (non-hydrogen) atoms. The van der Waals surface area contributed by atoms with Gasteiger partial charge in [-0.2, -0.15) is 0 Å². The minimum absolute atomic E-state index is 0.177. The van der Waals surface area contributed by atoms with Gasteiger partial charge in [0.05, 0.1) is 18.5 Å². The van der Waals surface area contributed by atoms with Gasteiger partial charge in [0.1, 0.15) is 5.60 Å². The van der Waals surface area contributed by atoms with E-state index in [0.29, 0.717) is 6.42 Å². The Morgan fingerprint density at radius 1 is 1.25 bits per heavy atom. The zero-order valence-electron chi connectivity index (χ0n) is 14.5. The molecule has 2 N–H and O–H groups in total. The van der Waals surface area contributed by atoms with Gasteiger partial charge < -0.3 is 15.2 Å². The van der Waals surface area contributed by atoms with Crippen LogP contribution in [0.3, 0.4) is 0 Å². The molecule has 0 bridgehead atoms. The van der Waals surface area contributed by atoms with Crippen LogP contribution in [0.1, 0.15) is 26.3 Å². The SMILES string of the molecule is COC(=O)C(CN)Cc1cccc2ccn(C(=O)OC(C)(C)C)c12. The number of para-hydroxylation sites is 1. The molecule has 130 valence electrons. The standard InChI is InChI=1S/C18H24N2O4/c1-18(2,3)24-17(22)20-9-8-12-6-5-7-13(15(12)20)10-14(11-19)16(21)23-4/h5-9,14H,10-11,19H2,1-4H3. The Kier molecular flexibility index (Phi) is 5.29. The van der Waals surface area contributed by atoms with Gasteiger partial charge in [-0.1, -0.05) is 18.2 Å². The molecule has 0 aliphatic rings. The molecule has 0 saturated heterocycles. The van der Waals surface area contributed by atoms with E-state index in [-0.39, 0.29) is 12.5 Å². The highest BCUT2D eigenvalue weighted by atomic mass is 16.6. The van der Waals surface area contributed by atoms with Crippen molar-refractivity contribution in [1.29, 1.82) is 0 Å². The van der Waals surface area contributed by atoms with Crippen molar-refractivity contribution in [1.82, 2.24) is 4.57 Å². The second-order valence-corrected chi connectivity index (χ2v) is 6.68. The minimum atomic E-state index is -0.589. The van der Waals surface area contributed by atoms with Crippen LogP contribution in [0, 0.1) is 5.92 Å². The second kappa shape index (κ2) is 7.05. The van der Waals surface area contributed by atoms with Crippen LogP contribution < -0.4 is 5.73 Å². The van der Waals surface area contributed by atoms with E-state index in [1.807, 2.05) is 45.0 Å². The third kappa shape index (κ3) is 3.94. The fourth-order valence-electron chi connectivity index (χ4n) is 2.59. The number of aromatic nitrogens is 1. The lowest BCUT2D eigenvalue weighted by Gasteiger charge is -2.20. The number of benzene rings is 1. The summed E-state index contributed by atoms with van der Waals surface area (Å²) in [6, 6.07) is 7.53. The Balaban J connectivity index is 2.43. The van der Waals surface area contributed by atoms with E-state index in [1.54, 1.807) is 6.20 Å². The number of esters is 1. The van der Waals surface area contributed by atoms with Crippen molar-refractivity contribution < 1.29 is 19.1 Å². The molecule has 1 aromatic heterocycles. The first kappa shape index (κ1) is 18.0. The van der Waals surface area contributed by atoms with E-state index < -0.39 is 17.6 Å². The molecule has 2 aromatic rings. The first-order chi connectivity index (χ1) is 11.3. The number of hydrogen-bond donors (Lipinski definition) is 1. The van der Waals surface area contributed by atoms with Crippen LogP contribution in [0.15, 0.2) is 30.5 Å². The van der Waals surface area contributed by atoms with E-state index in [4.69, 9.17) is 15.2 Å². The van der Waals surface area contributed by atoms with Gasteiger partial charge in [0.15, 0.2) is 0 Å². The van der Waals surface area contributed by atoms with Gasteiger partial charge in [-0.3, -0.25) is 9.36 Å². The summed E-state index contributed by atoms with van der Waals surface area (Å²) in [6.45, 7) is 5.63. The number of nitrogens with two attached hydrogens (primary N) is 1. The Hall–Kier alpha value is -2.34. The van der Waals surface area contributed by atoms with Gasteiger partial charge in [-0.15, -0.1) is 0 Å². The number of rotatable bonds is 4. The largest absolute Gasteiger partial charge is 0.469 e. The highest BCUT2D eigenvalue weighted by Crippen LogP contribution is 2.24. The lowest BCUT2D eigenvalue weighted by Crippen LogP contribution is -2.28. The molecule has 1 unspecified atom stereocenters. The average molecular weight is 332 g/mol. The number of nitrogens with zero attached hydrogens (tertiary/aromatic N) is 1. The average Bonchev–Trinajstić information content (AvgIpc) is 2.95. The van der Waals surface area contributed by atoms with Gasteiger partial charge in [0.2, 0.25) is 0 Å². The van der Waals surface area contributed by atoms with Crippen molar-refractivity contribution in [3.8, 4) is 0 Å². The monoisotopic (exact) mass is 332 g/mol. The molecule has 0 saturated carbocycles. The van der Waals surface area contributed by atoms with Crippen molar-refractivity contribution in [3.63, 3.8) is 0 Å². The number of ether oxygens (including phenoxy) is 2. The molecular weight excluding hydrogens is 308 g/mol. The second-order valence-electron chi connectivity index (χ2n) is 6.68. The molecule has 1 heterocycles. The molecule has 1 aromatic carbocycles. The first-order valence-corrected chi connectivity index (χ1v) is 7.87. The molecule has 2 rings (SSSR count). The summed E-state index contributed by atoms with van der Waals surface area (Å²) in [5.74, 6) is -0.813. The van der Waals surface area contributed by atoms with Crippen molar-refractivity contribution in [3.05, 3.63) is 36.0 Å². The molecule has 0 aliphatic heterocycles.